The first-order valence-electron chi connectivity index (χ1n) is 5.79. The Labute approximate surface area is 104 Å². The Hall–Kier alpha value is -2.17. The lowest BCUT2D eigenvalue weighted by molar-refractivity contribution is 0.103. The van der Waals surface area contributed by atoms with E-state index in [2.05, 4.69) is 10.1 Å². The largest absolute Gasteiger partial charge is 0.495 e. The van der Waals surface area contributed by atoms with Gasteiger partial charge in [0.1, 0.15) is 11.4 Å². The van der Waals surface area contributed by atoms with Crippen LogP contribution in [0.1, 0.15) is 40.6 Å². The van der Waals surface area contributed by atoms with Crippen LogP contribution < -0.4 is 4.74 Å². The van der Waals surface area contributed by atoms with E-state index in [0.29, 0.717) is 28.7 Å². The van der Waals surface area contributed by atoms with Gasteiger partial charge in [0.15, 0.2) is 5.76 Å². The van der Waals surface area contributed by atoms with Crippen LogP contribution in [0.3, 0.4) is 0 Å². The lowest BCUT2D eigenvalue weighted by atomic mass is 10.1. The van der Waals surface area contributed by atoms with Gasteiger partial charge in [-0.1, -0.05) is 5.16 Å². The SMILES string of the molecule is COc1ccc(C(=O)c2cnoc2C2CC2)nc1. The number of hydrogen-bond acceptors (Lipinski definition) is 5. The zero-order chi connectivity index (χ0) is 12.5. The third-order valence-electron chi connectivity index (χ3n) is 3.00. The predicted molar refractivity (Wildman–Crippen MR) is 62.7 cm³/mol. The number of pyridine rings is 1. The molecule has 0 aliphatic heterocycles. The Morgan fingerprint density at radius 3 is 2.83 bits per heavy atom. The van der Waals surface area contributed by atoms with Crippen molar-refractivity contribution in [3.8, 4) is 5.75 Å². The van der Waals surface area contributed by atoms with Crippen LogP contribution >= 0.6 is 0 Å². The molecular weight excluding hydrogens is 232 g/mol. The van der Waals surface area contributed by atoms with Crippen LogP contribution in [0.15, 0.2) is 29.0 Å². The summed E-state index contributed by atoms with van der Waals surface area (Å²) in [7, 11) is 1.56. The highest BCUT2D eigenvalue weighted by molar-refractivity contribution is 6.08. The molecule has 0 unspecified atom stereocenters. The highest BCUT2D eigenvalue weighted by atomic mass is 16.5. The third kappa shape index (κ3) is 1.88. The Morgan fingerprint density at radius 2 is 2.22 bits per heavy atom. The number of aromatic nitrogens is 2. The van der Waals surface area contributed by atoms with Gasteiger partial charge in [0, 0.05) is 5.92 Å². The van der Waals surface area contributed by atoms with Crippen molar-refractivity contribution in [1.29, 1.82) is 0 Å². The van der Waals surface area contributed by atoms with E-state index in [1.54, 1.807) is 19.2 Å². The smallest absolute Gasteiger partial charge is 0.216 e. The molecule has 0 bridgehead atoms. The first-order chi connectivity index (χ1) is 8.79. The van der Waals surface area contributed by atoms with Gasteiger partial charge >= 0.3 is 0 Å². The number of carbonyl (C=O) groups is 1. The molecule has 0 N–H and O–H groups in total. The lowest BCUT2D eigenvalue weighted by Gasteiger charge is -2.01. The predicted octanol–water partition coefficient (Wildman–Crippen LogP) is 2.19. The Bertz CT molecular complexity index is 570. The molecule has 92 valence electrons. The van der Waals surface area contributed by atoms with E-state index in [-0.39, 0.29) is 5.78 Å². The molecule has 0 saturated heterocycles. The molecule has 0 radical (unpaired) electrons. The molecule has 0 amide bonds. The summed E-state index contributed by atoms with van der Waals surface area (Å²) in [5.74, 6) is 1.52. The second kappa shape index (κ2) is 4.25. The number of methoxy groups -OCH3 is 1. The average molecular weight is 244 g/mol. The second-order valence-corrected chi connectivity index (χ2v) is 4.29. The summed E-state index contributed by atoms with van der Waals surface area (Å²) in [5.41, 5.74) is 0.899. The van der Waals surface area contributed by atoms with Gasteiger partial charge in [0.05, 0.1) is 25.1 Å². The number of ether oxygens (including phenoxy) is 1. The summed E-state index contributed by atoms with van der Waals surface area (Å²) in [6.07, 6.45) is 5.12. The second-order valence-electron chi connectivity index (χ2n) is 4.29. The number of ketones is 1. The van der Waals surface area contributed by atoms with Crippen molar-refractivity contribution in [3.05, 3.63) is 41.5 Å². The van der Waals surface area contributed by atoms with Crippen molar-refractivity contribution in [3.63, 3.8) is 0 Å². The van der Waals surface area contributed by atoms with Gasteiger partial charge in [0.2, 0.25) is 5.78 Å². The van der Waals surface area contributed by atoms with Crippen LogP contribution in [0.2, 0.25) is 0 Å². The van der Waals surface area contributed by atoms with E-state index < -0.39 is 0 Å². The fraction of sp³-hybridized carbons (Fsp3) is 0.308. The van der Waals surface area contributed by atoms with Crippen molar-refractivity contribution in [2.24, 2.45) is 0 Å². The maximum atomic E-state index is 12.3. The highest BCUT2D eigenvalue weighted by Gasteiger charge is 2.32. The first kappa shape index (κ1) is 11.0. The van der Waals surface area contributed by atoms with Gasteiger partial charge in [-0.2, -0.15) is 0 Å². The Morgan fingerprint density at radius 1 is 1.39 bits per heavy atom. The van der Waals surface area contributed by atoms with Crippen LogP contribution in [0.25, 0.3) is 0 Å². The van der Waals surface area contributed by atoms with Crippen LogP contribution in [-0.2, 0) is 0 Å². The zero-order valence-electron chi connectivity index (χ0n) is 9.92. The summed E-state index contributed by atoms with van der Waals surface area (Å²) in [6, 6.07) is 3.36. The van der Waals surface area contributed by atoms with Crippen molar-refractivity contribution in [1.82, 2.24) is 10.1 Å². The lowest BCUT2D eigenvalue weighted by Crippen LogP contribution is -2.05. The highest BCUT2D eigenvalue weighted by Crippen LogP contribution is 2.41. The minimum absolute atomic E-state index is 0.152. The van der Waals surface area contributed by atoms with Crippen molar-refractivity contribution in [2.45, 2.75) is 18.8 Å². The van der Waals surface area contributed by atoms with E-state index in [0.717, 1.165) is 12.8 Å². The molecule has 0 aromatic carbocycles. The van der Waals surface area contributed by atoms with Gasteiger partial charge in [-0.15, -0.1) is 0 Å². The molecule has 1 aliphatic carbocycles. The van der Waals surface area contributed by atoms with E-state index in [1.165, 1.54) is 12.4 Å². The molecule has 2 heterocycles. The van der Waals surface area contributed by atoms with Crippen LogP contribution in [0, 0.1) is 0 Å². The molecule has 2 aromatic heterocycles. The van der Waals surface area contributed by atoms with Crippen molar-refractivity contribution >= 4 is 5.78 Å². The molecule has 0 atom stereocenters. The first-order valence-corrected chi connectivity index (χ1v) is 5.79. The van der Waals surface area contributed by atoms with E-state index in [4.69, 9.17) is 9.26 Å². The Kier molecular flexibility index (Phi) is 2.59. The fourth-order valence-electron chi connectivity index (χ4n) is 1.83. The summed E-state index contributed by atoms with van der Waals surface area (Å²) in [4.78, 5) is 16.3. The quantitative estimate of drug-likeness (QED) is 0.771. The van der Waals surface area contributed by atoms with E-state index in [1.807, 2.05) is 0 Å². The molecule has 2 aromatic rings. The summed E-state index contributed by atoms with van der Waals surface area (Å²) >= 11 is 0. The van der Waals surface area contributed by atoms with Crippen LogP contribution in [0.4, 0.5) is 0 Å². The summed E-state index contributed by atoms with van der Waals surface area (Å²) in [5, 5.41) is 3.72. The fourth-order valence-corrected chi connectivity index (χ4v) is 1.83. The van der Waals surface area contributed by atoms with Gasteiger partial charge in [-0.3, -0.25) is 4.79 Å². The Balaban J connectivity index is 1.90. The minimum Gasteiger partial charge on any atom is -0.495 e. The third-order valence-corrected chi connectivity index (χ3v) is 3.00. The standard InChI is InChI=1S/C13H12N2O3/c1-17-9-4-5-11(14-6-9)12(16)10-7-15-18-13(10)8-2-3-8/h4-8H,2-3H2,1H3. The molecule has 18 heavy (non-hydrogen) atoms. The molecular formula is C13H12N2O3. The molecule has 0 spiro atoms. The van der Waals surface area contributed by atoms with E-state index >= 15 is 0 Å². The van der Waals surface area contributed by atoms with Gasteiger partial charge in [0.25, 0.3) is 0 Å². The molecule has 1 fully saturated rings. The molecule has 5 nitrogen and oxygen atoms in total. The minimum atomic E-state index is -0.152. The van der Waals surface area contributed by atoms with Crippen LogP contribution in [0.5, 0.6) is 5.75 Å². The summed E-state index contributed by atoms with van der Waals surface area (Å²) in [6.45, 7) is 0. The number of nitrogens with zero attached hydrogens (tertiary/aromatic N) is 2. The number of carbonyl (C=O) groups excluding carboxylic acids is 1. The number of rotatable bonds is 4. The van der Waals surface area contributed by atoms with Gasteiger partial charge < -0.3 is 9.26 Å². The molecule has 1 saturated carbocycles. The van der Waals surface area contributed by atoms with Crippen molar-refractivity contribution in [2.75, 3.05) is 7.11 Å². The summed E-state index contributed by atoms with van der Waals surface area (Å²) < 4.78 is 10.2. The molecule has 3 rings (SSSR count). The number of hydrogen-bond donors (Lipinski definition) is 0. The van der Waals surface area contributed by atoms with E-state index in [9.17, 15) is 4.79 Å². The van der Waals surface area contributed by atoms with Gasteiger partial charge in [-0.05, 0) is 25.0 Å². The van der Waals surface area contributed by atoms with Crippen LogP contribution in [-0.4, -0.2) is 23.0 Å². The zero-order valence-corrected chi connectivity index (χ0v) is 9.92. The molecule has 5 heteroatoms. The maximum Gasteiger partial charge on any atom is 0.216 e. The maximum absolute atomic E-state index is 12.3. The normalized spacial score (nSPS) is 14.5. The monoisotopic (exact) mass is 244 g/mol. The molecule has 1 aliphatic rings. The topological polar surface area (TPSA) is 65.2 Å². The average Bonchev–Trinajstić information content (AvgIpc) is 3.15. The van der Waals surface area contributed by atoms with Crippen molar-refractivity contribution < 1.29 is 14.1 Å². The van der Waals surface area contributed by atoms with Gasteiger partial charge in [-0.25, -0.2) is 4.98 Å².